The molecule has 0 spiro atoms. The molecule has 2 aliphatic heterocycles. The Morgan fingerprint density at radius 2 is 2.08 bits per heavy atom. The summed E-state index contributed by atoms with van der Waals surface area (Å²) in [5.74, 6) is 1.79. The number of aromatic nitrogens is 1. The number of carbonyl (C=O) groups excluding carboxylic acids is 1. The fourth-order valence-corrected chi connectivity index (χ4v) is 8.13. The van der Waals surface area contributed by atoms with E-state index >= 15 is 0 Å². The van der Waals surface area contributed by atoms with Crippen molar-refractivity contribution in [2.24, 2.45) is 0 Å². The minimum absolute atomic E-state index is 0.0910. The van der Waals surface area contributed by atoms with Crippen molar-refractivity contribution in [3.8, 4) is 5.75 Å². The van der Waals surface area contributed by atoms with E-state index in [-0.39, 0.29) is 11.3 Å². The molecule has 0 radical (unpaired) electrons. The van der Waals surface area contributed by atoms with Crippen molar-refractivity contribution in [3.63, 3.8) is 0 Å². The van der Waals surface area contributed by atoms with Gasteiger partial charge in [-0.05, 0) is 0 Å². The number of halogens is 1. The molecule has 4 nitrogen and oxygen atoms in total. The third-order valence-corrected chi connectivity index (χ3v) is 10.0. The van der Waals surface area contributed by atoms with Crippen LogP contribution in [0.5, 0.6) is 5.75 Å². The zero-order valence-corrected chi connectivity index (χ0v) is 16.4. The molecule has 3 heterocycles. The second kappa shape index (κ2) is 5.69. The van der Waals surface area contributed by atoms with Gasteiger partial charge in [0.2, 0.25) is 0 Å². The van der Waals surface area contributed by atoms with Crippen molar-refractivity contribution in [1.29, 1.82) is 0 Å². The van der Waals surface area contributed by atoms with E-state index in [1.54, 1.807) is 0 Å². The molecule has 2 aromatic rings. The zero-order chi connectivity index (χ0) is 17.0. The second-order valence-electron chi connectivity index (χ2n) is 7.10. The molecule has 0 atom stereocenters. The van der Waals surface area contributed by atoms with E-state index in [4.69, 9.17) is 9.72 Å². The third-order valence-electron chi connectivity index (χ3n) is 5.33. The first-order valence-corrected chi connectivity index (χ1v) is 13.0. The first kappa shape index (κ1) is 15.6. The molecule has 1 saturated heterocycles. The van der Waals surface area contributed by atoms with Crippen LogP contribution in [0.1, 0.15) is 29.5 Å². The van der Waals surface area contributed by atoms with E-state index in [1.807, 2.05) is 12.1 Å². The molecule has 25 heavy (non-hydrogen) atoms. The van der Waals surface area contributed by atoms with Crippen LogP contribution in [0.2, 0.25) is 0 Å². The van der Waals surface area contributed by atoms with Gasteiger partial charge in [-0.15, -0.1) is 0 Å². The maximum absolute atomic E-state index is 13.0. The standard InChI is InChI=1S/C20H21IN2O2/c1-13-2-5-17(22-18(13)21-9-10-21)23-19(24)20(7-8-20)15-3-4-16-14(12-15)6-11-25-16/h2-5,12H,6-11H2,1H3,(H,22,23,24). The molecule has 1 N–H and O–H groups in total. The van der Waals surface area contributed by atoms with E-state index in [0.29, 0.717) is 0 Å². The van der Waals surface area contributed by atoms with Crippen LogP contribution < -0.4 is 10.1 Å². The van der Waals surface area contributed by atoms with Crippen molar-refractivity contribution in [1.82, 2.24) is 4.98 Å². The van der Waals surface area contributed by atoms with Crippen LogP contribution in [0, 0.1) is 10.6 Å². The van der Waals surface area contributed by atoms with Gasteiger partial charge in [-0.2, -0.15) is 0 Å². The summed E-state index contributed by atoms with van der Waals surface area (Å²) >= 11 is -0.936. The van der Waals surface area contributed by atoms with Crippen LogP contribution in [0.4, 0.5) is 5.82 Å². The summed E-state index contributed by atoms with van der Waals surface area (Å²) in [7, 11) is 0. The number of anilines is 1. The molecule has 1 aromatic carbocycles. The van der Waals surface area contributed by atoms with Crippen molar-refractivity contribution in [3.05, 3.63) is 50.7 Å². The van der Waals surface area contributed by atoms with Gasteiger partial charge in [0.1, 0.15) is 0 Å². The molecule has 2 fully saturated rings. The number of aryl methyl sites for hydroxylation is 1. The van der Waals surface area contributed by atoms with Crippen molar-refractivity contribution in [2.75, 3.05) is 20.8 Å². The Balaban J connectivity index is 1.40. The van der Waals surface area contributed by atoms with E-state index in [1.165, 1.54) is 23.7 Å². The predicted molar refractivity (Wildman–Crippen MR) is 107 cm³/mol. The number of rotatable bonds is 4. The normalized spacial score (nSPS) is 20.6. The summed E-state index contributed by atoms with van der Waals surface area (Å²) in [5.41, 5.74) is 3.27. The Bertz CT molecular complexity index is 872. The Hall–Kier alpha value is -1.63. The van der Waals surface area contributed by atoms with Gasteiger partial charge < -0.3 is 0 Å². The number of hydrogen-bond donors (Lipinski definition) is 1. The number of pyridine rings is 1. The second-order valence-corrected chi connectivity index (χ2v) is 12.9. The van der Waals surface area contributed by atoms with Gasteiger partial charge in [0, 0.05) is 0 Å². The number of nitrogens with one attached hydrogen (secondary N) is 1. The summed E-state index contributed by atoms with van der Waals surface area (Å²) in [5, 5.41) is 3.10. The molecule has 1 amide bonds. The number of hydrogen-bond acceptors (Lipinski definition) is 3. The summed E-state index contributed by atoms with van der Waals surface area (Å²) in [6, 6.07) is 10.3. The molecular weight excluding hydrogens is 427 g/mol. The minimum atomic E-state index is -0.936. The molecule has 0 bridgehead atoms. The molecule has 1 aromatic heterocycles. The van der Waals surface area contributed by atoms with Gasteiger partial charge >= 0.3 is 155 Å². The monoisotopic (exact) mass is 448 g/mol. The summed E-state index contributed by atoms with van der Waals surface area (Å²) in [6.07, 6.45) is 2.77. The van der Waals surface area contributed by atoms with Gasteiger partial charge in [-0.3, -0.25) is 0 Å². The van der Waals surface area contributed by atoms with Gasteiger partial charge in [0.05, 0.1) is 0 Å². The first-order valence-electron chi connectivity index (χ1n) is 8.83. The van der Waals surface area contributed by atoms with Crippen LogP contribution in [-0.4, -0.2) is 26.4 Å². The van der Waals surface area contributed by atoms with Gasteiger partial charge in [-0.25, -0.2) is 0 Å². The Morgan fingerprint density at radius 3 is 2.84 bits per heavy atom. The summed E-state index contributed by atoms with van der Waals surface area (Å²) < 4.78 is 9.64. The van der Waals surface area contributed by atoms with Crippen molar-refractivity contribution in [2.45, 2.75) is 31.6 Å². The predicted octanol–water partition coefficient (Wildman–Crippen LogP) is 3.68. The fraction of sp³-hybridized carbons (Fsp3) is 0.400. The molecular formula is C20H21IN2O2. The fourth-order valence-electron chi connectivity index (χ4n) is 3.55. The topological polar surface area (TPSA) is 51.2 Å². The molecule has 1 aliphatic carbocycles. The molecule has 1 saturated carbocycles. The summed E-state index contributed by atoms with van der Waals surface area (Å²) in [6.45, 7) is 2.89. The molecule has 5 heteroatoms. The number of carbonyl (C=O) groups is 1. The maximum atomic E-state index is 13.0. The Labute approximate surface area is 154 Å². The van der Waals surface area contributed by atoms with E-state index in [9.17, 15) is 4.79 Å². The number of alkyl halides is 2. The molecule has 3 aliphatic rings. The van der Waals surface area contributed by atoms with Crippen LogP contribution >= 0.6 is 19.8 Å². The number of ether oxygens (including phenoxy) is 1. The average molecular weight is 448 g/mol. The molecule has 130 valence electrons. The van der Waals surface area contributed by atoms with E-state index in [0.717, 1.165) is 43.0 Å². The zero-order valence-electron chi connectivity index (χ0n) is 14.3. The van der Waals surface area contributed by atoms with Gasteiger partial charge in [0.25, 0.3) is 0 Å². The van der Waals surface area contributed by atoms with Gasteiger partial charge in [0.15, 0.2) is 0 Å². The number of fused-ring (bicyclic) bond motifs is 1. The molecule has 0 unspecified atom stereocenters. The third kappa shape index (κ3) is 2.72. The summed E-state index contributed by atoms with van der Waals surface area (Å²) in [4.78, 5) is 17.8. The Morgan fingerprint density at radius 1 is 1.24 bits per heavy atom. The average Bonchev–Trinajstić information content (AvgIpc) is 3.53. The van der Waals surface area contributed by atoms with E-state index < -0.39 is 19.8 Å². The molecule has 5 rings (SSSR count). The number of nitrogens with zero attached hydrogens (tertiary/aromatic N) is 1. The van der Waals surface area contributed by atoms with E-state index in [2.05, 4.69) is 30.4 Å². The quantitative estimate of drug-likeness (QED) is 0.441. The van der Waals surface area contributed by atoms with Crippen molar-refractivity contribution < 1.29 is 9.53 Å². The SMILES string of the molecule is Cc1ccc(NC(=O)C2(c3ccc4c(c3)CCO4)CC2)nc1I1CC1. The van der Waals surface area contributed by atoms with Gasteiger partial charge in [-0.1, -0.05) is 0 Å². The van der Waals surface area contributed by atoms with Crippen LogP contribution in [0.25, 0.3) is 0 Å². The van der Waals surface area contributed by atoms with Crippen molar-refractivity contribution >= 4 is 31.5 Å². The number of amides is 1. The first-order chi connectivity index (χ1) is 12.2. The van der Waals surface area contributed by atoms with Crippen LogP contribution in [0.15, 0.2) is 30.3 Å². The van der Waals surface area contributed by atoms with Crippen LogP contribution in [0.3, 0.4) is 0 Å². The Kier molecular flexibility index (Phi) is 3.55. The van der Waals surface area contributed by atoms with Crippen LogP contribution in [-0.2, 0) is 16.6 Å². The number of benzene rings is 1.